The van der Waals surface area contributed by atoms with E-state index in [0.29, 0.717) is 5.92 Å². The zero-order valence-corrected chi connectivity index (χ0v) is 19.9. The molecule has 0 aromatic heterocycles. The van der Waals surface area contributed by atoms with Gasteiger partial charge in [0.25, 0.3) is 0 Å². The van der Waals surface area contributed by atoms with E-state index in [1.54, 1.807) is 11.8 Å². The molecular formula is C27H42O2S. The topological polar surface area (TPSA) is 37.3 Å². The van der Waals surface area contributed by atoms with Crippen LogP contribution >= 0.6 is 11.8 Å². The van der Waals surface area contributed by atoms with Crippen molar-refractivity contribution in [2.45, 2.75) is 89.2 Å². The summed E-state index contributed by atoms with van der Waals surface area (Å²) in [4.78, 5) is 11.6. The molecule has 1 aliphatic carbocycles. The summed E-state index contributed by atoms with van der Waals surface area (Å²) in [6, 6.07) is 0. The molecule has 3 heteroatoms. The van der Waals surface area contributed by atoms with Crippen LogP contribution in [-0.2, 0) is 4.79 Å². The van der Waals surface area contributed by atoms with Gasteiger partial charge in [0.2, 0.25) is 0 Å². The lowest BCUT2D eigenvalue weighted by Gasteiger charge is -2.45. The number of rotatable bonds is 17. The summed E-state index contributed by atoms with van der Waals surface area (Å²) < 4.78 is -0.480. The van der Waals surface area contributed by atoms with Crippen LogP contribution < -0.4 is 0 Å². The Bertz CT molecular complexity index is 598. The second-order valence-corrected chi connectivity index (χ2v) is 9.32. The first kappa shape index (κ1) is 26.6. The van der Waals surface area contributed by atoms with Crippen molar-refractivity contribution >= 4 is 17.7 Å². The zero-order valence-electron chi connectivity index (χ0n) is 19.1. The van der Waals surface area contributed by atoms with Gasteiger partial charge in [-0.2, -0.15) is 0 Å². The Labute approximate surface area is 189 Å². The molecule has 0 bridgehead atoms. The molecule has 30 heavy (non-hydrogen) atoms. The Hall–Kier alpha value is -1.48. The lowest BCUT2D eigenvalue weighted by molar-refractivity contribution is -0.144. The van der Waals surface area contributed by atoms with E-state index in [2.05, 4.69) is 74.6 Å². The van der Waals surface area contributed by atoms with Crippen LogP contribution in [0, 0.1) is 5.92 Å². The third-order valence-corrected chi connectivity index (χ3v) is 7.38. The van der Waals surface area contributed by atoms with E-state index in [9.17, 15) is 9.90 Å². The van der Waals surface area contributed by atoms with Gasteiger partial charge >= 0.3 is 5.97 Å². The molecule has 0 radical (unpaired) electrons. The first-order valence-electron chi connectivity index (χ1n) is 11.8. The van der Waals surface area contributed by atoms with Gasteiger partial charge < -0.3 is 5.11 Å². The summed E-state index contributed by atoms with van der Waals surface area (Å²) in [5.41, 5.74) is 0. The zero-order chi connectivity index (χ0) is 21.9. The summed E-state index contributed by atoms with van der Waals surface area (Å²) in [5, 5.41) is 9.59. The Kier molecular flexibility index (Phi) is 15.2. The SMILES string of the molecule is CCC=CCC=CCC=CCC=CCC=CCCCCSC1(C(=O)O)CCC1CC. The van der Waals surface area contributed by atoms with Crippen molar-refractivity contribution in [3.05, 3.63) is 60.8 Å². The average Bonchev–Trinajstić information content (AvgIpc) is 2.71. The van der Waals surface area contributed by atoms with Gasteiger partial charge in [-0.25, -0.2) is 0 Å². The molecule has 0 aromatic carbocycles. The van der Waals surface area contributed by atoms with E-state index in [-0.39, 0.29) is 0 Å². The molecule has 168 valence electrons. The second-order valence-electron chi connectivity index (χ2n) is 7.89. The third-order valence-electron chi connectivity index (χ3n) is 5.66. The molecule has 0 aliphatic heterocycles. The number of carboxylic acids is 1. The highest BCUT2D eigenvalue weighted by molar-refractivity contribution is 8.01. The van der Waals surface area contributed by atoms with E-state index < -0.39 is 10.7 Å². The van der Waals surface area contributed by atoms with Crippen LogP contribution in [0.3, 0.4) is 0 Å². The molecule has 0 spiro atoms. The molecule has 1 fully saturated rings. The van der Waals surface area contributed by atoms with Crippen LogP contribution in [-0.4, -0.2) is 21.6 Å². The first-order chi connectivity index (χ1) is 14.7. The summed E-state index contributed by atoms with van der Waals surface area (Å²) >= 11 is 1.69. The minimum absolute atomic E-state index is 0.367. The molecule has 0 saturated heterocycles. The first-order valence-corrected chi connectivity index (χ1v) is 12.8. The molecule has 2 unspecified atom stereocenters. The van der Waals surface area contributed by atoms with E-state index >= 15 is 0 Å². The normalized spacial score (nSPS) is 22.3. The molecule has 2 nitrogen and oxygen atoms in total. The van der Waals surface area contributed by atoms with Crippen LogP contribution in [0.2, 0.25) is 0 Å². The Morgan fingerprint density at radius 2 is 1.40 bits per heavy atom. The number of carbonyl (C=O) groups is 1. The summed E-state index contributed by atoms with van der Waals surface area (Å²) in [7, 11) is 0. The van der Waals surface area contributed by atoms with Gasteiger partial charge in [-0.3, -0.25) is 4.79 Å². The number of aliphatic carboxylic acids is 1. The van der Waals surface area contributed by atoms with Crippen LogP contribution in [0.15, 0.2) is 60.8 Å². The van der Waals surface area contributed by atoms with Gasteiger partial charge in [-0.05, 0) is 75.9 Å². The average molecular weight is 431 g/mol. The molecule has 0 amide bonds. The highest BCUT2D eigenvalue weighted by Crippen LogP contribution is 2.51. The highest BCUT2D eigenvalue weighted by atomic mass is 32.2. The molecule has 1 rings (SSSR count). The third kappa shape index (κ3) is 10.5. The van der Waals surface area contributed by atoms with Crippen LogP contribution in [0.5, 0.6) is 0 Å². The molecule has 1 N–H and O–H groups in total. The van der Waals surface area contributed by atoms with Gasteiger partial charge in [0.1, 0.15) is 4.75 Å². The number of thioether (sulfide) groups is 1. The van der Waals surface area contributed by atoms with Crippen molar-refractivity contribution in [3.63, 3.8) is 0 Å². The second kappa shape index (κ2) is 17.2. The number of carboxylic acid groups (broad SMARTS) is 1. The fourth-order valence-electron chi connectivity index (χ4n) is 3.66. The molecule has 2 atom stereocenters. The standard InChI is InChI=1S/C27H42O2S/c1-3-5-6-7-8-9-10-11-12-13-14-15-16-17-18-19-20-21-24-30-27(26(28)29)23-22-25(27)4-2/h5-6,8-9,11-12,14-15,17-18,25H,3-4,7,10,13,16,19-24H2,1-2H3,(H,28,29). The molecular weight excluding hydrogens is 388 g/mol. The van der Waals surface area contributed by atoms with Gasteiger partial charge in [0, 0.05) is 0 Å². The quantitative estimate of drug-likeness (QED) is 0.186. The Morgan fingerprint density at radius 1 is 0.867 bits per heavy atom. The number of hydrogen-bond donors (Lipinski definition) is 1. The highest BCUT2D eigenvalue weighted by Gasteiger charge is 2.52. The summed E-state index contributed by atoms with van der Waals surface area (Å²) in [6.07, 6.45) is 33.6. The Morgan fingerprint density at radius 3 is 1.83 bits per heavy atom. The number of hydrogen-bond acceptors (Lipinski definition) is 2. The van der Waals surface area contributed by atoms with Gasteiger partial charge in [-0.1, -0.05) is 81.0 Å². The molecule has 0 aromatic rings. The predicted molar refractivity (Wildman–Crippen MR) is 134 cm³/mol. The fraction of sp³-hybridized carbons (Fsp3) is 0.593. The maximum Gasteiger partial charge on any atom is 0.320 e. The largest absolute Gasteiger partial charge is 0.480 e. The number of allylic oxidation sites excluding steroid dienone is 10. The number of unbranched alkanes of at least 4 members (excludes halogenated alkanes) is 2. The van der Waals surface area contributed by atoms with Crippen molar-refractivity contribution in [2.24, 2.45) is 5.92 Å². The maximum absolute atomic E-state index is 11.6. The molecule has 0 heterocycles. The van der Waals surface area contributed by atoms with Crippen molar-refractivity contribution in [1.82, 2.24) is 0 Å². The summed E-state index contributed by atoms with van der Waals surface area (Å²) in [6.45, 7) is 4.27. The van der Waals surface area contributed by atoms with Crippen molar-refractivity contribution in [1.29, 1.82) is 0 Å². The van der Waals surface area contributed by atoms with E-state index in [1.807, 2.05) is 0 Å². The van der Waals surface area contributed by atoms with Gasteiger partial charge in [0.05, 0.1) is 0 Å². The molecule has 1 aliphatic rings. The smallest absolute Gasteiger partial charge is 0.320 e. The monoisotopic (exact) mass is 430 g/mol. The lowest BCUT2D eigenvalue weighted by Crippen LogP contribution is -2.50. The van der Waals surface area contributed by atoms with E-state index in [4.69, 9.17) is 0 Å². The van der Waals surface area contributed by atoms with Crippen LogP contribution in [0.25, 0.3) is 0 Å². The summed E-state index contributed by atoms with van der Waals surface area (Å²) in [5.74, 6) is 0.738. The van der Waals surface area contributed by atoms with Gasteiger partial charge in [0.15, 0.2) is 0 Å². The fourth-order valence-corrected chi connectivity index (χ4v) is 5.28. The van der Waals surface area contributed by atoms with Crippen molar-refractivity contribution in [2.75, 3.05) is 5.75 Å². The molecule has 1 saturated carbocycles. The Balaban J connectivity index is 2.00. The minimum atomic E-state index is -0.594. The van der Waals surface area contributed by atoms with Crippen molar-refractivity contribution < 1.29 is 9.90 Å². The van der Waals surface area contributed by atoms with E-state index in [1.165, 1.54) is 0 Å². The predicted octanol–water partition coefficient (Wildman–Crippen LogP) is 8.28. The van der Waals surface area contributed by atoms with Crippen LogP contribution in [0.4, 0.5) is 0 Å². The van der Waals surface area contributed by atoms with E-state index in [0.717, 1.165) is 76.4 Å². The lowest BCUT2D eigenvalue weighted by atomic mass is 9.71. The van der Waals surface area contributed by atoms with Gasteiger partial charge in [-0.15, -0.1) is 11.8 Å². The maximum atomic E-state index is 11.6. The van der Waals surface area contributed by atoms with Crippen LogP contribution in [0.1, 0.15) is 84.5 Å². The minimum Gasteiger partial charge on any atom is -0.480 e. The van der Waals surface area contributed by atoms with Crippen molar-refractivity contribution in [3.8, 4) is 0 Å².